The van der Waals surface area contributed by atoms with Crippen molar-refractivity contribution in [2.75, 3.05) is 6.54 Å². The normalized spacial score (nSPS) is 12.9. The molecule has 3 rings (SSSR count). The highest BCUT2D eigenvalue weighted by Crippen LogP contribution is 2.20. The van der Waals surface area contributed by atoms with Gasteiger partial charge < -0.3 is 14.3 Å². The molecular formula is C16H18BrN3O. The van der Waals surface area contributed by atoms with Gasteiger partial charge in [-0.25, -0.2) is 4.98 Å². The highest BCUT2D eigenvalue weighted by atomic mass is 79.9. The van der Waals surface area contributed by atoms with Crippen LogP contribution in [0.5, 0.6) is 0 Å². The van der Waals surface area contributed by atoms with Gasteiger partial charge >= 0.3 is 0 Å². The van der Waals surface area contributed by atoms with Gasteiger partial charge in [-0.2, -0.15) is 0 Å². The van der Waals surface area contributed by atoms with E-state index in [-0.39, 0.29) is 6.04 Å². The number of aryl methyl sites for hydroxylation is 1. The van der Waals surface area contributed by atoms with Gasteiger partial charge in [0.05, 0.1) is 23.4 Å². The summed E-state index contributed by atoms with van der Waals surface area (Å²) in [6, 6.07) is 12.4. The summed E-state index contributed by atoms with van der Waals surface area (Å²) in [5.74, 6) is 0.954. The monoisotopic (exact) mass is 347 g/mol. The molecule has 4 nitrogen and oxygen atoms in total. The van der Waals surface area contributed by atoms with Crippen molar-refractivity contribution in [3.63, 3.8) is 0 Å². The number of halogens is 1. The fraction of sp³-hybridized carbons (Fsp3) is 0.312. The molecule has 1 atom stereocenters. The van der Waals surface area contributed by atoms with Crippen LogP contribution in [0.25, 0.3) is 11.0 Å². The molecule has 2 heterocycles. The number of aromatic nitrogens is 2. The van der Waals surface area contributed by atoms with E-state index in [4.69, 9.17) is 4.42 Å². The average Bonchev–Trinajstić information content (AvgIpc) is 3.10. The van der Waals surface area contributed by atoms with Crippen LogP contribution >= 0.6 is 15.9 Å². The molecular weight excluding hydrogens is 330 g/mol. The fourth-order valence-electron chi connectivity index (χ4n) is 2.42. The number of hydrogen-bond acceptors (Lipinski definition) is 3. The van der Waals surface area contributed by atoms with Crippen LogP contribution in [0.2, 0.25) is 0 Å². The van der Waals surface area contributed by atoms with Crippen molar-refractivity contribution in [3.05, 3.63) is 53.2 Å². The maximum absolute atomic E-state index is 5.54. The van der Waals surface area contributed by atoms with Crippen LogP contribution in [0.4, 0.5) is 0 Å². The number of fused-ring (bicyclic) bond motifs is 1. The zero-order valence-electron chi connectivity index (χ0n) is 11.9. The van der Waals surface area contributed by atoms with Crippen LogP contribution in [0.15, 0.2) is 51.8 Å². The zero-order chi connectivity index (χ0) is 14.7. The lowest BCUT2D eigenvalue weighted by atomic mass is 10.2. The van der Waals surface area contributed by atoms with E-state index < -0.39 is 0 Å². The summed E-state index contributed by atoms with van der Waals surface area (Å²) < 4.78 is 8.52. The van der Waals surface area contributed by atoms with Gasteiger partial charge in [0.25, 0.3) is 0 Å². The molecule has 1 N–H and O–H groups in total. The Bertz CT molecular complexity index is 719. The highest BCUT2D eigenvalue weighted by Gasteiger charge is 2.08. The summed E-state index contributed by atoms with van der Waals surface area (Å²) >= 11 is 3.33. The molecule has 0 bridgehead atoms. The van der Waals surface area contributed by atoms with Gasteiger partial charge in [0, 0.05) is 6.54 Å². The standard InChI is InChI=1S/C16H18BrN3O/c1-12(15-7-8-16(17)21-15)18-9-4-10-20-11-19-13-5-2-3-6-14(13)20/h2-3,5-8,11-12,18H,4,9-10H2,1H3. The van der Waals surface area contributed by atoms with Crippen LogP contribution in [0.3, 0.4) is 0 Å². The SMILES string of the molecule is CC(NCCCn1cnc2ccccc21)c1ccc(Br)o1. The predicted molar refractivity (Wildman–Crippen MR) is 87.2 cm³/mol. The molecule has 0 radical (unpaired) electrons. The molecule has 2 aromatic heterocycles. The molecule has 0 saturated carbocycles. The van der Waals surface area contributed by atoms with E-state index in [1.807, 2.05) is 30.6 Å². The molecule has 0 aliphatic heterocycles. The van der Waals surface area contributed by atoms with E-state index in [0.717, 1.165) is 35.5 Å². The van der Waals surface area contributed by atoms with Crippen molar-refractivity contribution in [1.29, 1.82) is 0 Å². The zero-order valence-corrected chi connectivity index (χ0v) is 13.5. The van der Waals surface area contributed by atoms with E-state index >= 15 is 0 Å². The van der Waals surface area contributed by atoms with E-state index in [2.05, 4.69) is 49.9 Å². The minimum Gasteiger partial charge on any atom is -0.453 e. The van der Waals surface area contributed by atoms with Crippen molar-refractivity contribution in [1.82, 2.24) is 14.9 Å². The number of para-hydroxylation sites is 2. The number of imidazole rings is 1. The van der Waals surface area contributed by atoms with E-state index in [0.29, 0.717) is 0 Å². The Morgan fingerprint density at radius 1 is 1.29 bits per heavy atom. The summed E-state index contributed by atoms with van der Waals surface area (Å²) in [4.78, 5) is 4.41. The van der Waals surface area contributed by atoms with Crippen LogP contribution < -0.4 is 5.32 Å². The molecule has 0 aliphatic carbocycles. The Morgan fingerprint density at radius 3 is 2.95 bits per heavy atom. The molecule has 1 unspecified atom stereocenters. The second-order valence-corrected chi connectivity index (χ2v) is 5.88. The third kappa shape index (κ3) is 3.36. The summed E-state index contributed by atoms with van der Waals surface area (Å²) in [6.45, 7) is 4.01. The van der Waals surface area contributed by atoms with Gasteiger partial charge in [-0.15, -0.1) is 0 Å². The van der Waals surface area contributed by atoms with Crippen LogP contribution in [0.1, 0.15) is 25.1 Å². The average molecular weight is 348 g/mol. The van der Waals surface area contributed by atoms with Gasteiger partial charge in [-0.3, -0.25) is 0 Å². The molecule has 0 amide bonds. The lowest BCUT2D eigenvalue weighted by molar-refractivity contribution is 0.413. The van der Waals surface area contributed by atoms with Gasteiger partial charge in [-0.05, 0) is 60.1 Å². The molecule has 0 spiro atoms. The number of furan rings is 1. The van der Waals surface area contributed by atoms with Gasteiger partial charge in [0.2, 0.25) is 0 Å². The second kappa shape index (κ2) is 6.45. The smallest absolute Gasteiger partial charge is 0.169 e. The summed E-state index contributed by atoms with van der Waals surface area (Å²) in [7, 11) is 0. The fourth-order valence-corrected chi connectivity index (χ4v) is 2.74. The molecule has 110 valence electrons. The van der Waals surface area contributed by atoms with Crippen molar-refractivity contribution in [2.24, 2.45) is 0 Å². The summed E-state index contributed by atoms with van der Waals surface area (Å²) in [5, 5.41) is 3.47. The predicted octanol–water partition coefficient (Wildman–Crippen LogP) is 4.13. The van der Waals surface area contributed by atoms with E-state index in [9.17, 15) is 0 Å². The molecule has 5 heteroatoms. The Kier molecular flexibility index (Phi) is 4.41. The molecule has 0 saturated heterocycles. The first-order valence-electron chi connectivity index (χ1n) is 7.12. The Hall–Kier alpha value is -1.59. The number of nitrogens with zero attached hydrogens (tertiary/aromatic N) is 2. The lowest BCUT2D eigenvalue weighted by Crippen LogP contribution is -2.20. The van der Waals surface area contributed by atoms with Gasteiger partial charge in [0.1, 0.15) is 5.76 Å². The summed E-state index contributed by atoms with van der Waals surface area (Å²) in [5.41, 5.74) is 2.25. The third-order valence-corrected chi connectivity index (χ3v) is 4.00. The lowest BCUT2D eigenvalue weighted by Gasteiger charge is -2.11. The molecule has 3 aromatic rings. The largest absolute Gasteiger partial charge is 0.453 e. The van der Waals surface area contributed by atoms with Crippen molar-refractivity contribution in [3.8, 4) is 0 Å². The minimum absolute atomic E-state index is 0.218. The van der Waals surface area contributed by atoms with Crippen molar-refractivity contribution < 1.29 is 4.42 Å². The Labute approximate surface area is 132 Å². The van der Waals surface area contributed by atoms with E-state index in [1.54, 1.807) is 0 Å². The third-order valence-electron chi connectivity index (χ3n) is 3.57. The van der Waals surface area contributed by atoms with Crippen LogP contribution in [-0.4, -0.2) is 16.1 Å². The number of hydrogen-bond donors (Lipinski definition) is 1. The maximum Gasteiger partial charge on any atom is 0.169 e. The first kappa shape index (κ1) is 14.4. The maximum atomic E-state index is 5.54. The second-order valence-electron chi connectivity index (χ2n) is 5.10. The van der Waals surface area contributed by atoms with Crippen molar-refractivity contribution >= 4 is 27.0 Å². The quantitative estimate of drug-likeness (QED) is 0.681. The minimum atomic E-state index is 0.218. The highest BCUT2D eigenvalue weighted by molar-refractivity contribution is 9.10. The Morgan fingerprint density at radius 2 is 2.14 bits per heavy atom. The number of benzene rings is 1. The first-order valence-corrected chi connectivity index (χ1v) is 7.92. The van der Waals surface area contributed by atoms with Gasteiger partial charge in [-0.1, -0.05) is 12.1 Å². The molecule has 1 aromatic carbocycles. The molecule has 0 fully saturated rings. The molecule has 21 heavy (non-hydrogen) atoms. The number of nitrogens with one attached hydrogen (secondary N) is 1. The van der Waals surface area contributed by atoms with Gasteiger partial charge in [0.15, 0.2) is 4.67 Å². The number of rotatable bonds is 6. The van der Waals surface area contributed by atoms with E-state index in [1.165, 1.54) is 5.52 Å². The van der Waals surface area contributed by atoms with Crippen LogP contribution in [0, 0.1) is 0 Å². The topological polar surface area (TPSA) is 43.0 Å². The van der Waals surface area contributed by atoms with Crippen molar-refractivity contribution in [2.45, 2.75) is 25.9 Å². The molecule has 0 aliphatic rings. The van der Waals surface area contributed by atoms with Crippen LogP contribution in [-0.2, 0) is 6.54 Å². The first-order chi connectivity index (χ1) is 10.2. The summed E-state index contributed by atoms with van der Waals surface area (Å²) in [6.07, 6.45) is 2.96. The Balaban J connectivity index is 1.50.